The lowest BCUT2D eigenvalue weighted by Crippen LogP contribution is -2.53. The van der Waals surface area contributed by atoms with Crippen molar-refractivity contribution in [2.24, 2.45) is 0 Å². The summed E-state index contributed by atoms with van der Waals surface area (Å²) in [7, 11) is 3.35. The van der Waals surface area contributed by atoms with Gasteiger partial charge in [-0.05, 0) is 20.8 Å². The van der Waals surface area contributed by atoms with E-state index < -0.39 is 0 Å². The number of ether oxygens (including phenoxy) is 1. The highest BCUT2D eigenvalue weighted by Crippen LogP contribution is 2.20. The second-order valence-electron chi connectivity index (χ2n) is 5.84. The van der Waals surface area contributed by atoms with Crippen molar-refractivity contribution in [2.75, 3.05) is 50.6 Å². The molecule has 0 saturated carbocycles. The molecule has 0 unspecified atom stereocenters. The first-order chi connectivity index (χ1) is 9.44. The third kappa shape index (κ3) is 3.27. The summed E-state index contributed by atoms with van der Waals surface area (Å²) in [5, 5.41) is 2.93. The molecule has 2 heterocycles. The van der Waals surface area contributed by atoms with Gasteiger partial charge in [-0.15, -0.1) is 0 Å². The Hall–Kier alpha value is -1.63. The van der Waals surface area contributed by atoms with Crippen LogP contribution >= 0.6 is 0 Å². The van der Waals surface area contributed by atoms with Gasteiger partial charge >= 0.3 is 6.01 Å². The standard InChI is InChI=1S/C13H24N6O/c1-13(2,3)19-8-6-18(7-9-19)11-15-10(14-4)16-12(17-11)20-5/h6-9H2,1-5H3,(H,14,15,16,17). The summed E-state index contributed by atoms with van der Waals surface area (Å²) in [4.78, 5) is 17.5. The first-order valence-electron chi connectivity index (χ1n) is 6.92. The van der Waals surface area contributed by atoms with Crippen LogP contribution in [0.4, 0.5) is 11.9 Å². The van der Waals surface area contributed by atoms with Gasteiger partial charge in [0.1, 0.15) is 0 Å². The molecule has 0 spiro atoms. The van der Waals surface area contributed by atoms with Gasteiger partial charge in [0.25, 0.3) is 0 Å². The van der Waals surface area contributed by atoms with Crippen molar-refractivity contribution >= 4 is 11.9 Å². The molecule has 1 fully saturated rings. The molecule has 0 aromatic carbocycles. The van der Waals surface area contributed by atoms with Crippen molar-refractivity contribution < 1.29 is 4.74 Å². The molecule has 20 heavy (non-hydrogen) atoms. The van der Waals surface area contributed by atoms with Crippen LogP contribution in [0.25, 0.3) is 0 Å². The fourth-order valence-electron chi connectivity index (χ4n) is 2.27. The maximum Gasteiger partial charge on any atom is 0.322 e. The second-order valence-corrected chi connectivity index (χ2v) is 5.84. The van der Waals surface area contributed by atoms with E-state index in [9.17, 15) is 0 Å². The highest BCUT2D eigenvalue weighted by Gasteiger charge is 2.27. The number of anilines is 2. The second kappa shape index (κ2) is 5.78. The summed E-state index contributed by atoms with van der Waals surface area (Å²) in [6.45, 7) is 10.6. The molecule has 7 heteroatoms. The van der Waals surface area contributed by atoms with E-state index in [1.165, 1.54) is 0 Å². The van der Waals surface area contributed by atoms with Crippen molar-refractivity contribution in [3.63, 3.8) is 0 Å². The zero-order valence-electron chi connectivity index (χ0n) is 13.0. The van der Waals surface area contributed by atoms with Crippen LogP contribution in [-0.4, -0.2) is 65.7 Å². The molecule has 0 radical (unpaired) electrons. The molecular formula is C13H24N6O. The van der Waals surface area contributed by atoms with E-state index in [1.54, 1.807) is 14.2 Å². The largest absolute Gasteiger partial charge is 0.467 e. The van der Waals surface area contributed by atoms with Crippen molar-refractivity contribution in [3.8, 4) is 6.01 Å². The molecule has 2 rings (SSSR count). The van der Waals surface area contributed by atoms with Crippen LogP contribution in [0.1, 0.15) is 20.8 Å². The third-order valence-electron chi connectivity index (χ3n) is 3.52. The summed E-state index contributed by atoms with van der Waals surface area (Å²) in [5.41, 5.74) is 0.207. The van der Waals surface area contributed by atoms with E-state index >= 15 is 0 Å². The minimum atomic E-state index is 0.207. The number of nitrogens with one attached hydrogen (secondary N) is 1. The Balaban J connectivity index is 2.10. The minimum Gasteiger partial charge on any atom is -0.467 e. The predicted molar refractivity (Wildman–Crippen MR) is 79.5 cm³/mol. The fraction of sp³-hybridized carbons (Fsp3) is 0.769. The maximum atomic E-state index is 5.12. The van der Waals surface area contributed by atoms with Gasteiger partial charge in [-0.1, -0.05) is 0 Å². The van der Waals surface area contributed by atoms with E-state index in [0.717, 1.165) is 26.2 Å². The lowest BCUT2D eigenvalue weighted by Gasteiger charge is -2.42. The van der Waals surface area contributed by atoms with E-state index in [-0.39, 0.29) is 5.54 Å². The summed E-state index contributed by atoms with van der Waals surface area (Å²) in [6, 6.07) is 0.345. The lowest BCUT2D eigenvalue weighted by atomic mass is 10.1. The molecule has 1 aromatic heterocycles. The highest BCUT2D eigenvalue weighted by atomic mass is 16.5. The normalized spacial score (nSPS) is 17.1. The first-order valence-corrected chi connectivity index (χ1v) is 6.92. The Morgan fingerprint density at radius 3 is 2.20 bits per heavy atom. The molecule has 0 bridgehead atoms. The Bertz CT molecular complexity index is 428. The SMILES string of the molecule is CNc1nc(OC)nc(N2CCN(C(C)(C)C)CC2)n1. The number of nitrogens with zero attached hydrogens (tertiary/aromatic N) is 5. The molecule has 1 N–H and O–H groups in total. The van der Waals surface area contributed by atoms with Crippen molar-refractivity contribution in [1.82, 2.24) is 19.9 Å². The first kappa shape index (κ1) is 14.8. The van der Waals surface area contributed by atoms with E-state index in [0.29, 0.717) is 17.9 Å². The highest BCUT2D eigenvalue weighted by molar-refractivity contribution is 5.38. The number of rotatable bonds is 3. The Kier molecular flexibility index (Phi) is 4.27. The third-order valence-corrected chi connectivity index (χ3v) is 3.52. The monoisotopic (exact) mass is 280 g/mol. The fourth-order valence-corrected chi connectivity index (χ4v) is 2.27. The molecule has 1 aliphatic rings. The van der Waals surface area contributed by atoms with Gasteiger partial charge in [0, 0.05) is 38.8 Å². The number of hydrogen-bond donors (Lipinski definition) is 1. The van der Waals surface area contributed by atoms with E-state index in [1.807, 2.05) is 0 Å². The molecule has 7 nitrogen and oxygen atoms in total. The van der Waals surface area contributed by atoms with Crippen LogP contribution in [-0.2, 0) is 0 Å². The summed E-state index contributed by atoms with van der Waals surface area (Å²) < 4.78 is 5.12. The average Bonchev–Trinajstić information content (AvgIpc) is 2.46. The topological polar surface area (TPSA) is 66.4 Å². The van der Waals surface area contributed by atoms with Crippen LogP contribution in [0, 0.1) is 0 Å². The molecule has 112 valence electrons. The lowest BCUT2D eigenvalue weighted by molar-refractivity contribution is 0.128. The summed E-state index contributed by atoms with van der Waals surface area (Å²) >= 11 is 0. The quantitative estimate of drug-likeness (QED) is 0.880. The zero-order chi connectivity index (χ0) is 14.8. The molecule has 0 aliphatic carbocycles. The van der Waals surface area contributed by atoms with Gasteiger partial charge in [0.2, 0.25) is 11.9 Å². The van der Waals surface area contributed by atoms with Gasteiger partial charge in [-0.2, -0.15) is 15.0 Å². The number of hydrogen-bond acceptors (Lipinski definition) is 7. The van der Waals surface area contributed by atoms with Gasteiger partial charge in [-0.25, -0.2) is 0 Å². The molecule has 0 atom stereocenters. The van der Waals surface area contributed by atoms with Gasteiger partial charge in [0.15, 0.2) is 0 Å². The van der Waals surface area contributed by atoms with Crippen LogP contribution in [0.5, 0.6) is 6.01 Å². The average molecular weight is 280 g/mol. The van der Waals surface area contributed by atoms with Gasteiger partial charge < -0.3 is 15.0 Å². The van der Waals surface area contributed by atoms with Crippen LogP contribution in [0.2, 0.25) is 0 Å². The van der Waals surface area contributed by atoms with Gasteiger partial charge in [0.05, 0.1) is 7.11 Å². The number of methoxy groups -OCH3 is 1. The maximum absolute atomic E-state index is 5.12. The van der Waals surface area contributed by atoms with Crippen molar-refractivity contribution in [3.05, 3.63) is 0 Å². The summed E-state index contributed by atoms with van der Waals surface area (Å²) in [5.74, 6) is 1.21. The number of piperazine rings is 1. The molecule has 1 aliphatic heterocycles. The number of aromatic nitrogens is 3. The molecule has 1 aromatic rings. The van der Waals surface area contributed by atoms with Crippen molar-refractivity contribution in [2.45, 2.75) is 26.3 Å². The van der Waals surface area contributed by atoms with Crippen LogP contribution in [0.3, 0.4) is 0 Å². The van der Waals surface area contributed by atoms with Crippen LogP contribution in [0.15, 0.2) is 0 Å². The Morgan fingerprint density at radius 1 is 1.05 bits per heavy atom. The van der Waals surface area contributed by atoms with Crippen LogP contribution < -0.4 is 15.0 Å². The Labute approximate surface area is 120 Å². The molecule has 1 saturated heterocycles. The predicted octanol–water partition coefficient (Wildman–Crippen LogP) is 0.842. The smallest absolute Gasteiger partial charge is 0.322 e. The molecular weight excluding hydrogens is 256 g/mol. The summed E-state index contributed by atoms with van der Waals surface area (Å²) in [6.07, 6.45) is 0. The molecule has 0 amide bonds. The van der Waals surface area contributed by atoms with Crippen molar-refractivity contribution in [1.29, 1.82) is 0 Å². The van der Waals surface area contributed by atoms with E-state index in [2.05, 4.69) is 50.8 Å². The van der Waals surface area contributed by atoms with E-state index in [4.69, 9.17) is 4.74 Å². The minimum absolute atomic E-state index is 0.207. The zero-order valence-corrected chi connectivity index (χ0v) is 13.0. The van der Waals surface area contributed by atoms with Gasteiger partial charge in [-0.3, -0.25) is 4.90 Å². The Morgan fingerprint density at radius 2 is 1.70 bits per heavy atom.